The summed E-state index contributed by atoms with van der Waals surface area (Å²) >= 11 is 0. The Hall–Kier alpha value is -1.51. The number of nitrogens with zero attached hydrogens (tertiary/aromatic N) is 1. The van der Waals surface area contributed by atoms with Gasteiger partial charge >= 0.3 is 0 Å². The maximum Gasteiger partial charge on any atom is 0.119 e. The highest BCUT2D eigenvalue weighted by Crippen LogP contribution is 2.14. The molecule has 1 aromatic rings. The zero-order chi connectivity index (χ0) is 9.68. The quantitative estimate of drug-likeness (QED) is 0.439. The van der Waals surface area contributed by atoms with E-state index in [2.05, 4.69) is 5.16 Å². The topological polar surface area (TPSA) is 41.8 Å². The molecule has 1 aromatic carbocycles. The summed E-state index contributed by atoms with van der Waals surface area (Å²) in [6.45, 7) is 1.94. The van der Waals surface area contributed by atoms with Crippen molar-refractivity contribution >= 4 is 5.71 Å². The molecule has 0 saturated carbocycles. The number of oxime groups is 1. The van der Waals surface area contributed by atoms with Crippen molar-refractivity contribution in [2.75, 3.05) is 7.11 Å². The van der Waals surface area contributed by atoms with E-state index in [9.17, 15) is 0 Å². The Morgan fingerprint density at radius 3 is 2.85 bits per heavy atom. The average Bonchev–Trinajstić information content (AvgIpc) is 2.20. The van der Waals surface area contributed by atoms with Gasteiger partial charge in [-0.15, -0.1) is 0 Å². The van der Waals surface area contributed by atoms with Gasteiger partial charge in [0, 0.05) is 5.56 Å². The van der Waals surface area contributed by atoms with Crippen LogP contribution in [0, 0.1) is 0 Å². The van der Waals surface area contributed by atoms with E-state index >= 15 is 0 Å². The number of rotatable bonds is 3. The van der Waals surface area contributed by atoms with Crippen LogP contribution in [0.4, 0.5) is 0 Å². The van der Waals surface area contributed by atoms with Crippen molar-refractivity contribution in [2.24, 2.45) is 5.16 Å². The lowest BCUT2D eigenvalue weighted by molar-refractivity contribution is 0.318. The lowest BCUT2D eigenvalue weighted by Gasteiger charge is -2.03. The van der Waals surface area contributed by atoms with E-state index < -0.39 is 0 Å². The summed E-state index contributed by atoms with van der Waals surface area (Å²) in [5.41, 5.74) is 1.56. The van der Waals surface area contributed by atoms with Crippen LogP contribution < -0.4 is 4.74 Å². The number of hydrogen-bond acceptors (Lipinski definition) is 3. The van der Waals surface area contributed by atoms with Gasteiger partial charge < -0.3 is 9.94 Å². The molecule has 13 heavy (non-hydrogen) atoms. The Kier molecular flexibility index (Phi) is 3.31. The molecule has 0 unspecified atom stereocenters. The summed E-state index contributed by atoms with van der Waals surface area (Å²) in [5, 5.41) is 11.9. The van der Waals surface area contributed by atoms with Crippen LogP contribution in [-0.2, 0) is 0 Å². The molecule has 3 heteroatoms. The summed E-state index contributed by atoms with van der Waals surface area (Å²) in [4.78, 5) is 0. The van der Waals surface area contributed by atoms with E-state index in [1.54, 1.807) is 7.11 Å². The third-order valence-electron chi connectivity index (χ3n) is 1.86. The van der Waals surface area contributed by atoms with Gasteiger partial charge in [0.05, 0.1) is 12.8 Å². The van der Waals surface area contributed by atoms with Crippen molar-refractivity contribution in [1.29, 1.82) is 0 Å². The third kappa shape index (κ3) is 2.21. The minimum absolute atomic E-state index is 0.666. The molecule has 0 saturated heterocycles. The molecule has 0 aromatic heterocycles. The van der Waals surface area contributed by atoms with Crippen molar-refractivity contribution in [3.05, 3.63) is 29.8 Å². The van der Waals surface area contributed by atoms with Gasteiger partial charge in [0.2, 0.25) is 0 Å². The molecule has 0 spiro atoms. The number of methoxy groups -OCH3 is 1. The first-order valence-electron chi connectivity index (χ1n) is 4.17. The van der Waals surface area contributed by atoms with Gasteiger partial charge in [-0.2, -0.15) is 0 Å². The maximum atomic E-state index is 8.69. The second-order valence-corrected chi connectivity index (χ2v) is 2.63. The minimum atomic E-state index is 0.666. The van der Waals surface area contributed by atoms with Crippen molar-refractivity contribution in [3.8, 4) is 5.75 Å². The van der Waals surface area contributed by atoms with E-state index in [4.69, 9.17) is 9.94 Å². The SMILES string of the molecule is CCC(=NO)c1cccc(OC)c1. The van der Waals surface area contributed by atoms with Crippen LogP contribution >= 0.6 is 0 Å². The fourth-order valence-corrected chi connectivity index (χ4v) is 1.14. The summed E-state index contributed by atoms with van der Waals surface area (Å²) in [7, 11) is 1.61. The minimum Gasteiger partial charge on any atom is -0.497 e. The third-order valence-corrected chi connectivity index (χ3v) is 1.86. The molecule has 0 aliphatic heterocycles. The standard InChI is InChI=1S/C10H13NO2/c1-3-10(11-12)8-5-4-6-9(7-8)13-2/h4-7,12H,3H2,1-2H3. The molecule has 0 bridgehead atoms. The van der Waals surface area contributed by atoms with Crippen molar-refractivity contribution in [1.82, 2.24) is 0 Å². The molecule has 0 aliphatic rings. The monoisotopic (exact) mass is 179 g/mol. The molecule has 1 N–H and O–H groups in total. The van der Waals surface area contributed by atoms with E-state index in [-0.39, 0.29) is 0 Å². The van der Waals surface area contributed by atoms with Crippen LogP contribution in [0.1, 0.15) is 18.9 Å². The zero-order valence-corrected chi connectivity index (χ0v) is 7.82. The highest BCUT2D eigenvalue weighted by Gasteiger charge is 2.02. The van der Waals surface area contributed by atoms with Crippen LogP contribution in [0.2, 0.25) is 0 Å². The average molecular weight is 179 g/mol. The molecule has 0 radical (unpaired) electrons. The second kappa shape index (κ2) is 4.50. The molecule has 1 rings (SSSR count). The maximum absolute atomic E-state index is 8.69. The van der Waals surface area contributed by atoms with Gasteiger partial charge in [0.15, 0.2) is 0 Å². The van der Waals surface area contributed by atoms with E-state index in [1.807, 2.05) is 31.2 Å². The summed E-state index contributed by atoms with van der Waals surface area (Å²) in [6.07, 6.45) is 0.698. The molecule has 70 valence electrons. The molecule has 0 fully saturated rings. The second-order valence-electron chi connectivity index (χ2n) is 2.63. The van der Waals surface area contributed by atoms with Crippen molar-refractivity contribution in [2.45, 2.75) is 13.3 Å². The highest BCUT2D eigenvalue weighted by molar-refractivity contribution is 6.00. The Labute approximate surface area is 77.6 Å². The Morgan fingerprint density at radius 1 is 1.54 bits per heavy atom. The van der Waals surface area contributed by atoms with Crippen LogP contribution in [0.25, 0.3) is 0 Å². The van der Waals surface area contributed by atoms with Crippen LogP contribution in [0.15, 0.2) is 29.4 Å². The lowest BCUT2D eigenvalue weighted by atomic mass is 10.1. The van der Waals surface area contributed by atoms with Gasteiger partial charge in [0.1, 0.15) is 5.75 Å². The summed E-state index contributed by atoms with van der Waals surface area (Å²) in [5.74, 6) is 0.770. The smallest absolute Gasteiger partial charge is 0.119 e. The number of hydrogen-bond donors (Lipinski definition) is 1. The Balaban J connectivity index is 3.00. The van der Waals surface area contributed by atoms with E-state index in [0.29, 0.717) is 12.1 Å². The first-order chi connectivity index (χ1) is 6.31. The normalized spacial score (nSPS) is 11.4. The summed E-state index contributed by atoms with van der Waals surface area (Å²) < 4.78 is 5.06. The zero-order valence-electron chi connectivity index (χ0n) is 7.82. The largest absolute Gasteiger partial charge is 0.497 e. The number of ether oxygens (including phenoxy) is 1. The molecule has 0 aliphatic carbocycles. The number of benzene rings is 1. The van der Waals surface area contributed by atoms with Gasteiger partial charge in [0.25, 0.3) is 0 Å². The van der Waals surface area contributed by atoms with E-state index in [0.717, 1.165) is 11.3 Å². The Morgan fingerprint density at radius 2 is 2.31 bits per heavy atom. The van der Waals surface area contributed by atoms with Gasteiger partial charge in [-0.3, -0.25) is 0 Å². The first-order valence-corrected chi connectivity index (χ1v) is 4.17. The van der Waals surface area contributed by atoms with Gasteiger partial charge in [-0.1, -0.05) is 24.2 Å². The molecule has 0 atom stereocenters. The van der Waals surface area contributed by atoms with Crippen LogP contribution in [-0.4, -0.2) is 18.0 Å². The van der Waals surface area contributed by atoms with E-state index in [1.165, 1.54) is 0 Å². The molecular formula is C10H13NO2. The lowest BCUT2D eigenvalue weighted by Crippen LogP contribution is -1.98. The van der Waals surface area contributed by atoms with Crippen LogP contribution in [0.3, 0.4) is 0 Å². The molecule has 3 nitrogen and oxygen atoms in total. The van der Waals surface area contributed by atoms with Crippen molar-refractivity contribution < 1.29 is 9.94 Å². The first kappa shape index (κ1) is 9.58. The molecular weight excluding hydrogens is 166 g/mol. The van der Waals surface area contributed by atoms with Gasteiger partial charge in [-0.05, 0) is 18.6 Å². The highest BCUT2D eigenvalue weighted by atomic mass is 16.5. The van der Waals surface area contributed by atoms with Gasteiger partial charge in [-0.25, -0.2) is 0 Å². The fraction of sp³-hybridized carbons (Fsp3) is 0.300. The Bertz CT molecular complexity index is 308. The summed E-state index contributed by atoms with van der Waals surface area (Å²) in [6, 6.07) is 7.46. The molecule has 0 heterocycles. The predicted molar refractivity (Wildman–Crippen MR) is 51.6 cm³/mol. The predicted octanol–water partition coefficient (Wildman–Crippen LogP) is 2.28. The van der Waals surface area contributed by atoms with Crippen molar-refractivity contribution in [3.63, 3.8) is 0 Å². The van der Waals surface area contributed by atoms with Crippen LogP contribution in [0.5, 0.6) is 5.75 Å². The fourth-order valence-electron chi connectivity index (χ4n) is 1.14. The molecule has 0 amide bonds.